The second-order valence-electron chi connectivity index (χ2n) is 3.19. The minimum Gasteiger partial charge on any atom is -0.327 e. The van der Waals surface area contributed by atoms with Gasteiger partial charge in [0.15, 0.2) is 0 Å². The van der Waals surface area contributed by atoms with E-state index in [4.69, 9.17) is 5.73 Å². The lowest BCUT2D eigenvalue weighted by atomic mass is 10.0. The number of fused-ring (bicyclic) bond motifs is 1. The molecule has 0 unspecified atom stereocenters. The summed E-state index contributed by atoms with van der Waals surface area (Å²) in [5.74, 6) is -1.05. The summed E-state index contributed by atoms with van der Waals surface area (Å²) in [4.78, 5) is 22.7. The van der Waals surface area contributed by atoms with Gasteiger partial charge >= 0.3 is 0 Å². The van der Waals surface area contributed by atoms with Crippen molar-refractivity contribution in [1.29, 1.82) is 0 Å². The van der Waals surface area contributed by atoms with Crippen LogP contribution in [0.5, 0.6) is 0 Å². The van der Waals surface area contributed by atoms with Crippen LogP contribution in [0.25, 0.3) is 6.08 Å². The van der Waals surface area contributed by atoms with Crippen molar-refractivity contribution in [2.75, 3.05) is 11.9 Å². The number of nitrogens with two attached hydrogens (primary N) is 1. The van der Waals surface area contributed by atoms with E-state index in [0.717, 1.165) is 5.56 Å². The number of benzene rings is 1. The zero-order valence-electron chi connectivity index (χ0n) is 7.99. The van der Waals surface area contributed by atoms with Gasteiger partial charge < -0.3 is 11.1 Å². The quantitative estimate of drug-likeness (QED) is 0.696. The molecule has 0 saturated carbocycles. The number of Topliss-reactive ketones (excluding diaryl/α,β-unsaturated/α-hetero) is 1. The molecule has 3 N–H and O–H groups in total. The minimum atomic E-state index is -0.571. The Balaban J connectivity index is 2.52. The fraction of sp³-hybridized carbons (Fsp3) is 0.0909. The molecule has 1 aliphatic rings. The molecule has 0 radical (unpaired) electrons. The van der Waals surface area contributed by atoms with Crippen molar-refractivity contribution >= 4 is 23.5 Å². The van der Waals surface area contributed by atoms with Gasteiger partial charge in [-0.2, -0.15) is 0 Å². The molecule has 1 aliphatic heterocycles. The number of carbonyl (C=O) groups is 2. The Morgan fingerprint density at radius 1 is 1.33 bits per heavy atom. The summed E-state index contributed by atoms with van der Waals surface area (Å²) >= 11 is 0. The van der Waals surface area contributed by atoms with Gasteiger partial charge in [0, 0.05) is 6.54 Å². The Hall–Kier alpha value is -1.94. The molecule has 0 aromatic heterocycles. The van der Waals surface area contributed by atoms with Crippen molar-refractivity contribution in [3.63, 3.8) is 0 Å². The van der Waals surface area contributed by atoms with Gasteiger partial charge in [-0.3, -0.25) is 9.59 Å². The van der Waals surface area contributed by atoms with Crippen LogP contribution in [0.4, 0.5) is 5.69 Å². The van der Waals surface area contributed by atoms with Crippen LogP contribution in [0.2, 0.25) is 0 Å². The Morgan fingerprint density at radius 3 is 2.87 bits per heavy atom. The number of nitrogens with one attached hydrogen (secondary N) is 1. The molecule has 1 aromatic carbocycles. The van der Waals surface area contributed by atoms with E-state index in [1.807, 2.05) is 0 Å². The normalized spacial score (nSPS) is 14.5. The van der Waals surface area contributed by atoms with E-state index in [2.05, 4.69) is 5.32 Å². The first-order chi connectivity index (χ1) is 7.24. The Morgan fingerprint density at radius 2 is 2.13 bits per heavy atom. The van der Waals surface area contributed by atoms with Gasteiger partial charge in [0.1, 0.15) is 0 Å². The van der Waals surface area contributed by atoms with Crippen LogP contribution in [-0.2, 0) is 4.79 Å². The second-order valence-corrected chi connectivity index (χ2v) is 3.19. The van der Waals surface area contributed by atoms with E-state index >= 15 is 0 Å². The summed E-state index contributed by atoms with van der Waals surface area (Å²) in [6.45, 7) is 0.402. The molecule has 1 heterocycles. The fourth-order valence-corrected chi connectivity index (χ4v) is 1.55. The van der Waals surface area contributed by atoms with Crippen molar-refractivity contribution in [3.8, 4) is 0 Å². The number of amides is 1. The maximum atomic E-state index is 11.5. The van der Waals surface area contributed by atoms with Gasteiger partial charge in [-0.1, -0.05) is 24.3 Å². The molecule has 0 fully saturated rings. The molecule has 15 heavy (non-hydrogen) atoms. The largest absolute Gasteiger partial charge is 0.327 e. The van der Waals surface area contributed by atoms with E-state index in [0.29, 0.717) is 17.8 Å². The third kappa shape index (κ3) is 1.55. The summed E-state index contributed by atoms with van der Waals surface area (Å²) in [7, 11) is 0. The summed E-state index contributed by atoms with van der Waals surface area (Å²) in [5, 5.41) is 2.51. The van der Waals surface area contributed by atoms with Crippen molar-refractivity contribution in [2.45, 2.75) is 0 Å². The molecule has 1 aromatic rings. The van der Waals surface area contributed by atoms with Crippen LogP contribution in [0.3, 0.4) is 0 Å². The zero-order valence-corrected chi connectivity index (χ0v) is 7.99. The van der Waals surface area contributed by atoms with Crippen molar-refractivity contribution in [2.24, 2.45) is 5.73 Å². The number of rotatable bonds is 2. The lowest BCUT2D eigenvalue weighted by molar-refractivity contribution is -0.112. The predicted octanol–water partition coefficient (Wildman–Crippen LogP) is 0.793. The maximum absolute atomic E-state index is 11.5. The predicted molar refractivity (Wildman–Crippen MR) is 57.5 cm³/mol. The van der Waals surface area contributed by atoms with E-state index in [9.17, 15) is 9.59 Å². The third-order valence-corrected chi connectivity index (χ3v) is 2.21. The molecule has 0 spiro atoms. The van der Waals surface area contributed by atoms with E-state index < -0.39 is 11.7 Å². The van der Waals surface area contributed by atoms with Gasteiger partial charge in [-0.15, -0.1) is 0 Å². The summed E-state index contributed by atoms with van der Waals surface area (Å²) in [6.07, 6.45) is 3.49. The van der Waals surface area contributed by atoms with Gasteiger partial charge in [0.2, 0.25) is 0 Å². The molecule has 4 nitrogen and oxygen atoms in total. The van der Waals surface area contributed by atoms with Gasteiger partial charge in [0.25, 0.3) is 11.7 Å². The van der Waals surface area contributed by atoms with Crippen LogP contribution < -0.4 is 11.1 Å². The molecule has 4 heteroatoms. The summed E-state index contributed by atoms with van der Waals surface area (Å²) in [5.41, 5.74) is 7.06. The van der Waals surface area contributed by atoms with Crippen LogP contribution >= 0.6 is 0 Å². The van der Waals surface area contributed by atoms with Crippen LogP contribution in [0.15, 0.2) is 24.3 Å². The first kappa shape index (κ1) is 9.61. The average molecular weight is 202 g/mol. The number of ketones is 1. The fourth-order valence-electron chi connectivity index (χ4n) is 1.55. The maximum Gasteiger partial charge on any atom is 0.296 e. The molecule has 0 aliphatic carbocycles. The van der Waals surface area contributed by atoms with Gasteiger partial charge in [-0.25, -0.2) is 0 Å². The zero-order chi connectivity index (χ0) is 10.8. The first-order valence-electron chi connectivity index (χ1n) is 4.59. The summed E-state index contributed by atoms with van der Waals surface area (Å²) in [6, 6.07) is 5.27. The Labute approximate surface area is 86.8 Å². The number of hydrogen-bond acceptors (Lipinski definition) is 3. The van der Waals surface area contributed by atoms with Gasteiger partial charge in [-0.05, 0) is 11.6 Å². The standard InChI is InChI=1S/C11H10N2O2/c12-6-2-4-7-3-1-5-8-9(7)10(14)11(15)13-8/h1-5H,6,12H2,(H,13,14,15). The highest BCUT2D eigenvalue weighted by atomic mass is 16.2. The number of carbonyl (C=O) groups excluding carboxylic acids is 2. The van der Waals surface area contributed by atoms with Crippen LogP contribution in [-0.4, -0.2) is 18.2 Å². The molecule has 76 valence electrons. The highest BCUT2D eigenvalue weighted by Crippen LogP contribution is 2.26. The SMILES string of the molecule is NCC=Cc1cccc2c1C(=O)C(=O)N2. The molecule has 0 saturated heterocycles. The lowest BCUT2D eigenvalue weighted by Crippen LogP contribution is -2.12. The molecular formula is C11H10N2O2. The highest BCUT2D eigenvalue weighted by molar-refractivity contribution is 6.52. The Bertz CT molecular complexity index is 464. The van der Waals surface area contributed by atoms with Crippen molar-refractivity contribution in [3.05, 3.63) is 35.4 Å². The van der Waals surface area contributed by atoms with E-state index in [1.165, 1.54) is 0 Å². The summed E-state index contributed by atoms with van der Waals surface area (Å²) < 4.78 is 0. The molecule has 1 amide bonds. The van der Waals surface area contributed by atoms with E-state index in [-0.39, 0.29) is 0 Å². The Kier molecular flexibility index (Phi) is 2.35. The minimum absolute atomic E-state index is 0.402. The first-order valence-corrected chi connectivity index (χ1v) is 4.59. The van der Waals surface area contributed by atoms with Crippen LogP contribution in [0.1, 0.15) is 15.9 Å². The number of hydrogen-bond donors (Lipinski definition) is 2. The lowest BCUT2D eigenvalue weighted by Gasteiger charge is -2.00. The number of anilines is 1. The van der Waals surface area contributed by atoms with E-state index in [1.54, 1.807) is 30.4 Å². The van der Waals surface area contributed by atoms with Crippen molar-refractivity contribution in [1.82, 2.24) is 0 Å². The molecule has 0 bridgehead atoms. The topological polar surface area (TPSA) is 72.2 Å². The second kappa shape index (κ2) is 3.67. The third-order valence-electron chi connectivity index (χ3n) is 2.21. The monoisotopic (exact) mass is 202 g/mol. The molecule has 0 atom stereocenters. The smallest absolute Gasteiger partial charge is 0.296 e. The van der Waals surface area contributed by atoms with Crippen LogP contribution in [0, 0.1) is 0 Å². The average Bonchev–Trinajstić information content (AvgIpc) is 2.53. The van der Waals surface area contributed by atoms with Gasteiger partial charge in [0.05, 0.1) is 11.3 Å². The molecular weight excluding hydrogens is 192 g/mol. The highest BCUT2D eigenvalue weighted by Gasteiger charge is 2.29. The molecule has 2 rings (SSSR count). The van der Waals surface area contributed by atoms with Crippen molar-refractivity contribution < 1.29 is 9.59 Å².